The molecule has 1 aromatic rings. The van der Waals surface area contributed by atoms with Crippen LogP contribution in [0, 0.1) is 0 Å². The summed E-state index contributed by atoms with van der Waals surface area (Å²) < 4.78 is 1.63. The maximum absolute atomic E-state index is 11.3. The van der Waals surface area contributed by atoms with Gasteiger partial charge in [0.1, 0.15) is 5.69 Å². The van der Waals surface area contributed by atoms with E-state index in [1.165, 1.54) is 0 Å². The molecule has 0 bridgehead atoms. The summed E-state index contributed by atoms with van der Waals surface area (Å²) in [7, 11) is 0. The molecule has 0 unspecified atom stereocenters. The van der Waals surface area contributed by atoms with Gasteiger partial charge < -0.3 is 10.4 Å². The third-order valence-corrected chi connectivity index (χ3v) is 2.75. The minimum absolute atomic E-state index is 0.301. The lowest BCUT2D eigenvalue weighted by Gasteiger charge is -2.21. The number of carbonyl (C=O) groups is 1. The Balaban J connectivity index is 2.61. The molecule has 1 aliphatic rings. The fourth-order valence-corrected chi connectivity index (χ4v) is 2.03. The molecule has 0 atom stereocenters. The van der Waals surface area contributed by atoms with Crippen molar-refractivity contribution < 1.29 is 9.90 Å². The molecule has 16 heavy (non-hydrogen) atoms. The van der Waals surface area contributed by atoms with Gasteiger partial charge in [-0.25, -0.2) is 4.79 Å². The van der Waals surface area contributed by atoms with Gasteiger partial charge in [-0.2, -0.15) is 5.10 Å². The zero-order valence-electron chi connectivity index (χ0n) is 9.87. The summed E-state index contributed by atoms with van der Waals surface area (Å²) in [5, 5.41) is 16.9. The van der Waals surface area contributed by atoms with Gasteiger partial charge in [-0.3, -0.25) is 4.68 Å². The van der Waals surface area contributed by atoms with Gasteiger partial charge in [-0.1, -0.05) is 0 Å². The molecule has 5 nitrogen and oxygen atoms in total. The third-order valence-electron chi connectivity index (χ3n) is 2.75. The van der Waals surface area contributed by atoms with Crippen molar-refractivity contribution in [1.82, 2.24) is 15.1 Å². The first-order valence-corrected chi connectivity index (χ1v) is 5.46. The summed E-state index contributed by atoms with van der Waals surface area (Å²) in [6.07, 6.45) is 0.743. The van der Waals surface area contributed by atoms with E-state index in [9.17, 15) is 9.90 Å². The fraction of sp³-hybridized carbons (Fsp3) is 0.636. The molecular formula is C11H17N3O2. The Morgan fingerprint density at radius 3 is 2.75 bits per heavy atom. The van der Waals surface area contributed by atoms with Gasteiger partial charge in [0.15, 0.2) is 0 Å². The molecule has 0 aliphatic carbocycles. The highest BCUT2D eigenvalue weighted by atomic mass is 16.4. The van der Waals surface area contributed by atoms with Gasteiger partial charge in [-0.15, -0.1) is 0 Å². The molecule has 1 aromatic heterocycles. The summed E-state index contributed by atoms with van der Waals surface area (Å²) in [5.41, 5.74) is 1.81. The highest BCUT2D eigenvalue weighted by Crippen LogP contribution is 2.24. The van der Waals surface area contributed by atoms with E-state index in [1.54, 1.807) is 4.68 Å². The Hall–Kier alpha value is -1.36. The molecule has 0 aromatic carbocycles. The smallest absolute Gasteiger partial charge is 0.354 e. The van der Waals surface area contributed by atoms with E-state index >= 15 is 0 Å². The number of nitrogens with zero attached hydrogens (tertiary/aromatic N) is 2. The van der Waals surface area contributed by atoms with Gasteiger partial charge in [0.2, 0.25) is 0 Å². The molecule has 2 N–H and O–H groups in total. The molecule has 0 saturated carbocycles. The molecule has 5 heteroatoms. The fourth-order valence-electron chi connectivity index (χ4n) is 2.03. The van der Waals surface area contributed by atoms with Gasteiger partial charge in [-0.05, 0) is 33.7 Å². The standard InChI is InChI=1S/C11H17N3O2/c1-11(2,3)14-9(10(15)16)7-4-5-12-6-8(7)13-14/h12H,4-6H2,1-3H3,(H,15,16). The molecular weight excluding hydrogens is 206 g/mol. The van der Waals surface area contributed by atoms with Gasteiger partial charge in [0.05, 0.1) is 11.2 Å². The first-order valence-electron chi connectivity index (χ1n) is 5.46. The lowest BCUT2D eigenvalue weighted by atomic mass is 10.0. The Bertz CT molecular complexity index is 429. The number of hydrogen-bond donors (Lipinski definition) is 2. The highest BCUT2D eigenvalue weighted by molar-refractivity contribution is 5.88. The lowest BCUT2D eigenvalue weighted by molar-refractivity contribution is 0.0673. The Morgan fingerprint density at radius 1 is 1.50 bits per heavy atom. The molecule has 1 aliphatic heterocycles. The van der Waals surface area contributed by atoms with E-state index in [0.717, 1.165) is 24.2 Å². The number of nitrogens with one attached hydrogen (secondary N) is 1. The van der Waals surface area contributed by atoms with Gasteiger partial charge in [0, 0.05) is 12.1 Å². The zero-order chi connectivity index (χ0) is 11.9. The summed E-state index contributed by atoms with van der Waals surface area (Å²) >= 11 is 0. The van der Waals surface area contributed by atoms with E-state index in [-0.39, 0.29) is 5.54 Å². The van der Waals surface area contributed by atoms with Gasteiger partial charge >= 0.3 is 5.97 Å². The van der Waals surface area contributed by atoms with Crippen molar-refractivity contribution in [1.29, 1.82) is 0 Å². The van der Waals surface area contributed by atoms with Crippen LogP contribution in [-0.2, 0) is 18.5 Å². The van der Waals surface area contributed by atoms with Crippen molar-refractivity contribution in [2.24, 2.45) is 0 Å². The minimum atomic E-state index is -0.884. The second kappa shape index (κ2) is 3.59. The SMILES string of the molecule is CC(C)(C)n1nc2c(c1C(=O)O)CCNC2. The van der Waals surface area contributed by atoms with E-state index < -0.39 is 5.97 Å². The molecule has 0 amide bonds. The van der Waals surface area contributed by atoms with Gasteiger partial charge in [0.25, 0.3) is 0 Å². The van der Waals surface area contributed by atoms with Crippen LogP contribution in [0.2, 0.25) is 0 Å². The summed E-state index contributed by atoms with van der Waals surface area (Å²) in [6, 6.07) is 0. The average molecular weight is 223 g/mol. The van der Waals surface area contributed by atoms with E-state index in [0.29, 0.717) is 12.2 Å². The predicted octanol–water partition coefficient (Wildman–Crippen LogP) is 0.982. The minimum Gasteiger partial charge on any atom is -0.477 e. The summed E-state index contributed by atoms with van der Waals surface area (Å²) in [4.78, 5) is 11.3. The third kappa shape index (κ3) is 1.71. The second-order valence-corrected chi connectivity index (χ2v) is 5.09. The topological polar surface area (TPSA) is 67.2 Å². The molecule has 2 heterocycles. The van der Waals surface area contributed by atoms with Crippen LogP contribution in [0.3, 0.4) is 0 Å². The quantitative estimate of drug-likeness (QED) is 0.744. The Kier molecular flexibility index (Phi) is 2.50. The first-order chi connectivity index (χ1) is 7.41. The lowest BCUT2D eigenvalue weighted by Crippen LogP contribution is -2.27. The zero-order valence-corrected chi connectivity index (χ0v) is 9.87. The largest absolute Gasteiger partial charge is 0.477 e. The number of rotatable bonds is 1. The average Bonchev–Trinajstić information content (AvgIpc) is 2.55. The monoisotopic (exact) mass is 223 g/mol. The van der Waals surface area contributed by atoms with Crippen LogP contribution in [0.1, 0.15) is 42.5 Å². The molecule has 0 fully saturated rings. The molecule has 2 rings (SSSR count). The first kappa shape index (κ1) is 11.1. The molecule has 0 saturated heterocycles. The van der Waals surface area contributed by atoms with E-state index in [2.05, 4.69) is 10.4 Å². The summed E-state index contributed by atoms with van der Waals surface area (Å²) in [6.45, 7) is 7.38. The van der Waals surface area contributed by atoms with Crippen LogP contribution in [-0.4, -0.2) is 27.4 Å². The number of carboxylic acid groups (broad SMARTS) is 1. The van der Waals surface area contributed by atoms with Crippen LogP contribution in [0.5, 0.6) is 0 Å². The van der Waals surface area contributed by atoms with Crippen molar-refractivity contribution in [3.05, 3.63) is 17.0 Å². The normalized spacial score (nSPS) is 15.9. The van der Waals surface area contributed by atoms with E-state index in [4.69, 9.17) is 0 Å². The maximum Gasteiger partial charge on any atom is 0.354 e. The Labute approximate surface area is 94.5 Å². The van der Waals surface area contributed by atoms with Crippen molar-refractivity contribution in [3.8, 4) is 0 Å². The number of aromatic carboxylic acids is 1. The second-order valence-electron chi connectivity index (χ2n) is 5.09. The number of fused-ring (bicyclic) bond motifs is 1. The Morgan fingerprint density at radius 2 is 2.19 bits per heavy atom. The van der Waals surface area contributed by atoms with Crippen molar-refractivity contribution in [2.45, 2.75) is 39.3 Å². The van der Waals surface area contributed by atoms with Crippen LogP contribution in [0.4, 0.5) is 0 Å². The van der Waals surface area contributed by atoms with Crippen LogP contribution < -0.4 is 5.32 Å². The maximum atomic E-state index is 11.3. The van der Waals surface area contributed by atoms with Crippen LogP contribution >= 0.6 is 0 Å². The number of hydrogen-bond acceptors (Lipinski definition) is 3. The highest BCUT2D eigenvalue weighted by Gasteiger charge is 2.29. The van der Waals surface area contributed by atoms with Crippen molar-refractivity contribution in [3.63, 3.8) is 0 Å². The molecule has 88 valence electrons. The predicted molar refractivity (Wildman–Crippen MR) is 59.6 cm³/mol. The van der Waals surface area contributed by atoms with E-state index in [1.807, 2.05) is 20.8 Å². The van der Waals surface area contributed by atoms with Crippen LogP contribution in [0.25, 0.3) is 0 Å². The summed E-state index contributed by atoms with van der Waals surface area (Å²) in [5.74, 6) is -0.884. The van der Waals surface area contributed by atoms with Crippen molar-refractivity contribution in [2.75, 3.05) is 6.54 Å². The number of carboxylic acids is 1. The van der Waals surface area contributed by atoms with Crippen molar-refractivity contribution >= 4 is 5.97 Å². The van der Waals surface area contributed by atoms with Crippen LogP contribution in [0.15, 0.2) is 0 Å². The molecule has 0 spiro atoms. The molecule has 0 radical (unpaired) electrons. The number of aromatic nitrogens is 2.